The molecule has 31 heavy (non-hydrogen) atoms. The second-order valence-electron chi connectivity index (χ2n) is 10.3. The van der Waals surface area contributed by atoms with E-state index in [1.165, 1.54) is 18.8 Å². The van der Waals surface area contributed by atoms with Gasteiger partial charge in [0.25, 0.3) is 0 Å². The Labute approximate surface area is 210 Å². The van der Waals surface area contributed by atoms with Gasteiger partial charge in [-0.3, -0.25) is 0 Å². The predicted octanol–water partition coefficient (Wildman–Crippen LogP) is 10.1. The lowest BCUT2D eigenvalue weighted by atomic mass is 10.2. The van der Waals surface area contributed by atoms with Crippen LogP contribution in [0.2, 0.25) is 39.3 Å². The van der Waals surface area contributed by atoms with Crippen molar-refractivity contribution in [2.45, 2.75) is 39.3 Å². The van der Waals surface area contributed by atoms with Crippen molar-refractivity contribution in [3.8, 4) is 0 Å². The van der Waals surface area contributed by atoms with E-state index in [9.17, 15) is 0 Å². The molecule has 158 valence electrons. The molecule has 0 aliphatic rings. The summed E-state index contributed by atoms with van der Waals surface area (Å²) in [5, 5.41) is 6.19. The highest BCUT2D eigenvalue weighted by atomic mass is 32.2. The number of thiophene rings is 7. The first-order chi connectivity index (χ1) is 14.6. The summed E-state index contributed by atoms with van der Waals surface area (Å²) in [4.78, 5) is 0. The Morgan fingerprint density at radius 2 is 0.839 bits per heavy atom. The van der Waals surface area contributed by atoms with Crippen LogP contribution in [-0.2, 0) is 0 Å². The highest BCUT2D eigenvalue weighted by molar-refractivity contribution is 7.57. The highest BCUT2D eigenvalue weighted by Crippen LogP contribution is 2.56. The van der Waals surface area contributed by atoms with Crippen molar-refractivity contribution in [3.63, 3.8) is 0 Å². The van der Waals surface area contributed by atoms with E-state index in [1.54, 1.807) is 46.6 Å². The van der Waals surface area contributed by atoms with Crippen LogP contribution < -0.4 is 9.00 Å². The lowest BCUT2D eigenvalue weighted by molar-refractivity contribution is 1.79. The minimum absolute atomic E-state index is 1.25. The molecule has 0 bridgehead atoms. The van der Waals surface area contributed by atoms with E-state index in [-0.39, 0.29) is 0 Å². The van der Waals surface area contributed by atoms with Crippen LogP contribution in [0.4, 0.5) is 0 Å². The smallest absolute Gasteiger partial charge is 0.0908 e. The molecule has 7 rings (SSSR count). The summed E-state index contributed by atoms with van der Waals surface area (Å²) in [5.74, 6) is 0. The topological polar surface area (TPSA) is 0 Å². The Morgan fingerprint density at radius 1 is 0.452 bits per heavy atom. The monoisotopic (exact) mass is 564 g/mol. The predicted molar refractivity (Wildman–Crippen MR) is 163 cm³/mol. The molecule has 0 saturated carbocycles. The standard InChI is InChI=1S/C22H20S7Si2/c1-30(2,3)11-7-9-15-17(27-19(9)23-11)13-14-18-16(26-22(14)29-21(13)25-15)10-8-12(31(4,5)6)24-20(10)28-18/h7-8H,1-6H3. The molecule has 0 radical (unpaired) electrons. The SMILES string of the molecule is C[Si](C)(C)c1cc2c(s1)sc1c2sc2sc3sc4c5cc([Si](C)(C)C)sc5sc4c3c21. The lowest BCUT2D eigenvalue weighted by Crippen LogP contribution is -2.34. The number of hydrogen-bond acceptors (Lipinski definition) is 7. The van der Waals surface area contributed by atoms with Crippen LogP contribution in [0.25, 0.3) is 56.4 Å². The molecule has 9 heteroatoms. The second kappa shape index (κ2) is 6.31. The molecule has 0 aliphatic carbocycles. The number of fused-ring (bicyclic) bond motifs is 11. The largest absolute Gasteiger partial charge is 0.134 e. The van der Waals surface area contributed by atoms with Crippen LogP contribution in [-0.4, -0.2) is 16.1 Å². The Hall–Kier alpha value is -0.106. The maximum Gasteiger partial charge on any atom is 0.0908 e. The molecule has 0 N–H and O–H groups in total. The molecular weight excluding hydrogens is 545 g/mol. The van der Waals surface area contributed by atoms with E-state index in [2.05, 4.69) is 96.8 Å². The fourth-order valence-corrected chi connectivity index (χ4v) is 18.6. The van der Waals surface area contributed by atoms with E-state index >= 15 is 0 Å². The van der Waals surface area contributed by atoms with Gasteiger partial charge in [-0.2, -0.15) is 0 Å². The lowest BCUT2D eigenvalue weighted by Gasteiger charge is -2.11. The van der Waals surface area contributed by atoms with Gasteiger partial charge in [0, 0.05) is 21.5 Å². The maximum absolute atomic E-state index is 2.53. The van der Waals surface area contributed by atoms with Crippen LogP contribution in [0.1, 0.15) is 0 Å². The minimum Gasteiger partial charge on any atom is -0.134 e. The molecule has 0 fully saturated rings. The van der Waals surface area contributed by atoms with Gasteiger partial charge in [0.2, 0.25) is 0 Å². The normalized spacial score (nSPS) is 14.1. The van der Waals surface area contributed by atoms with E-state index in [1.807, 2.05) is 34.0 Å². The van der Waals surface area contributed by atoms with Gasteiger partial charge in [0.1, 0.15) is 0 Å². The zero-order chi connectivity index (χ0) is 21.4. The first kappa shape index (κ1) is 20.3. The summed E-state index contributed by atoms with van der Waals surface area (Å²) >= 11 is 14.4. The summed E-state index contributed by atoms with van der Waals surface area (Å²) in [5.41, 5.74) is 0. The molecule has 7 aromatic rings. The Kier molecular flexibility index (Phi) is 4.13. The first-order valence-corrected chi connectivity index (χ1v) is 23.0. The summed E-state index contributed by atoms with van der Waals surface area (Å²) in [6, 6.07) is 5.06. The Morgan fingerprint density at radius 3 is 1.23 bits per heavy atom. The van der Waals surface area contributed by atoms with Crippen molar-refractivity contribution in [2.75, 3.05) is 0 Å². The van der Waals surface area contributed by atoms with Crippen molar-refractivity contribution in [1.29, 1.82) is 0 Å². The maximum atomic E-state index is 2.53. The molecule has 0 amide bonds. The third kappa shape index (κ3) is 2.75. The third-order valence-corrected chi connectivity index (χ3v) is 22.0. The summed E-state index contributed by atoms with van der Waals surface area (Å²) in [6.07, 6.45) is 0. The van der Waals surface area contributed by atoms with Crippen molar-refractivity contribution in [2.24, 2.45) is 0 Å². The quantitative estimate of drug-likeness (QED) is 0.183. The molecule has 0 aromatic carbocycles. The van der Waals surface area contributed by atoms with E-state index in [0.717, 1.165) is 0 Å². The molecule has 7 heterocycles. The molecule has 0 spiro atoms. The molecule has 0 nitrogen and oxygen atoms in total. The molecular formula is C22H20S7Si2. The van der Waals surface area contributed by atoms with Gasteiger partial charge in [-0.1, -0.05) is 39.3 Å². The second-order valence-corrected chi connectivity index (χ2v) is 29.3. The van der Waals surface area contributed by atoms with Gasteiger partial charge in [0.05, 0.1) is 51.0 Å². The number of rotatable bonds is 2. The zero-order valence-corrected chi connectivity index (χ0v) is 25.7. The molecule has 0 unspecified atom stereocenters. The highest BCUT2D eigenvalue weighted by Gasteiger charge is 2.27. The Bertz CT molecular complexity index is 1680. The summed E-state index contributed by atoms with van der Waals surface area (Å²) < 4.78 is 15.6. The molecule has 0 atom stereocenters. The van der Waals surface area contributed by atoms with Gasteiger partial charge in [0.15, 0.2) is 0 Å². The van der Waals surface area contributed by atoms with Gasteiger partial charge in [-0.25, -0.2) is 0 Å². The van der Waals surface area contributed by atoms with Crippen molar-refractivity contribution < 1.29 is 0 Å². The molecule has 0 saturated heterocycles. The van der Waals surface area contributed by atoms with E-state index < -0.39 is 16.1 Å². The van der Waals surface area contributed by atoms with Crippen molar-refractivity contribution in [1.82, 2.24) is 0 Å². The minimum atomic E-state index is -1.25. The van der Waals surface area contributed by atoms with Gasteiger partial charge in [-0.05, 0) is 21.1 Å². The number of hydrogen-bond donors (Lipinski definition) is 0. The molecule has 7 aromatic heterocycles. The molecule has 0 aliphatic heterocycles. The van der Waals surface area contributed by atoms with Crippen LogP contribution in [0.3, 0.4) is 0 Å². The average Bonchev–Trinajstić information content (AvgIpc) is 3.40. The van der Waals surface area contributed by atoms with E-state index in [0.29, 0.717) is 0 Å². The third-order valence-electron chi connectivity index (χ3n) is 5.85. The van der Waals surface area contributed by atoms with E-state index in [4.69, 9.17) is 0 Å². The van der Waals surface area contributed by atoms with Gasteiger partial charge < -0.3 is 0 Å². The van der Waals surface area contributed by atoms with Gasteiger partial charge >= 0.3 is 0 Å². The van der Waals surface area contributed by atoms with Crippen LogP contribution in [0, 0.1) is 0 Å². The van der Waals surface area contributed by atoms with Gasteiger partial charge in [-0.15, -0.1) is 79.4 Å². The summed E-state index contributed by atoms with van der Waals surface area (Å²) in [6.45, 7) is 14.8. The fourth-order valence-electron chi connectivity index (χ4n) is 4.14. The van der Waals surface area contributed by atoms with Crippen LogP contribution in [0.5, 0.6) is 0 Å². The van der Waals surface area contributed by atoms with Crippen LogP contribution >= 0.6 is 79.4 Å². The Balaban J connectivity index is 1.54. The first-order valence-electron chi connectivity index (χ1n) is 10.3. The van der Waals surface area contributed by atoms with Crippen molar-refractivity contribution >= 4 is 161 Å². The summed E-state index contributed by atoms with van der Waals surface area (Å²) in [7, 11) is -2.50. The average molecular weight is 565 g/mol. The van der Waals surface area contributed by atoms with Crippen molar-refractivity contribution in [3.05, 3.63) is 12.1 Å². The zero-order valence-electron chi connectivity index (χ0n) is 18.0. The fraction of sp³-hybridized carbons (Fsp3) is 0.273. The van der Waals surface area contributed by atoms with Crippen LogP contribution in [0.15, 0.2) is 12.1 Å².